The molecule has 17 heavy (non-hydrogen) atoms. The van der Waals surface area contributed by atoms with E-state index in [1.165, 1.54) is 17.9 Å². The second kappa shape index (κ2) is 6.17. The van der Waals surface area contributed by atoms with Crippen molar-refractivity contribution in [1.82, 2.24) is 0 Å². The van der Waals surface area contributed by atoms with Gasteiger partial charge in [0.1, 0.15) is 11.5 Å². The van der Waals surface area contributed by atoms with Crippen LogP contribution in [-0.4, -0.2) is 29.8 Å². The summed E-state index contributed by atoms with van der Waals surface area (Å²) in [4.78, 5) is 0. The fourth-order valence-electron chi connectivity index (χ4n) is 2.07. The van der Waals surface area contributed by atoms with Gasteiger partial charge in [0.15, 0.2) is 0 Å². The van der Waals surface area contributed by atoms with Crippen LogP contribution in [0.5, 0.6) is 11.5 Å². The zero-order valence-electron chi connectivity index (χ0n) is 9.84. The molecule has 1 aromatic carbocycles. The summed E-state index contributed by atoms with van der Waals surface area (Å²) in [5.41, 5.74) is 5.81. The number of aromatic hydroxyl groups is 1. The minimum atomic E-state index is 0.264. The van der Waals surface area contributed by atoms with Crippen LogP contribution in [0.25, 0.3) is 0 Å². The summed E-state index contributed by atoms with van der Waals surface area (Å²) in [6.45, 7) is 1.36. The van der Waals surface area contributed by atoms with Crippen LogP contribution in [0.2, 0.25) is 0 Å². The number of thioether (sulfide) groups is 1. The van der Waals surface area contributed by atoms with Gasteiger partial charge in [-0.15, -0.1) is 0 Å². The van der Waals surface area contributed by atoms with E-state index in [4.69, 9.17) is 10.5 Å². The molecule has 1 aliphatic rings. The van der Waals surface area contributed by atoms with Gasteiger partial charge in [0, 0.05) is 5.92 Å². The SMILES string of the molecule is NCC(COc1ccc(O)cc1)C1CCSC1. The predicted molar refractivity (Wildman–Crippen MR) is 71.6 cm³/mol. The molecule has 0 radical (unpaired) electrons. The van der Waals surface area contributed by atoms with Crippen LogP contribution in [0.4, 0.5) is 0 Å². The molecule has 2 rings (SSSR count). The molecule has 0 amide bonds. The molecule has 2 atom stereocenters. The van der Waals surface area contributed by atoms with E-state index in [2.05, 4.69) is 0 Å². The lowest BCUT2D eigenvalue weighted by Gasteiger charge is -2.21. The Balaban J connectivity index is 1.84. The third kappa shape index (κ3) is 3.54. The molecule has 0 saturated carbocycles. The van der Waals surface area contributed by atoms with Crippen molar-refractivity contribution in [3.63, 3.8) is 0 Å². The van der Waals surface area contributed by atoms with Crippen LogP contribution < -0.4 is 10.5 Å². The van der Waals surface area contributed by atoms with Gasteiger partial charge in [-0.05, 0) is 54.7 Å². The van der Waals surface area contributed by atoms with Gasteiger partial charge in [-0.2, -0.15) is 11.8 Å². The number of phenols is 1. The van der Waals surface area contributed by atoms with Crippen molar-refractivity contribution < 1.29 is 9.84 Å². The van der Waals surface area contributed by atoms with Gasteiger partial charge in [-0.3, -0.25) is 0 Å². The minimum absolute atomic E-state index is 0.264. The normalized spacial score (nSPS) is 21.4. The Bertz CT molecular complexity index is 336. The average molecular weight is 253 g/mol. The zero-order valence-corrected chi connectivity index (χ0v) is 10.7. The molecule has 1 aromatic rings. The maximum absolute atomic E-state index is 9.17. The van der Waals surface area contributed by atoms with Crippen LogP contribution in [0.15, 0.2) is 24.3 Å². The summed E-state index contributed by atoms with van der Waals surface area (Å²) in [5, 5.41) is 9.17. The maximum Gasteiger partial charge on any atom is 0.119 e. The fourth-order valence-corrected chi connectivity index (χ4v) is 3.44. The summed E-state index contributed by atoms with van der Waals surface area (Å²) in [7, 11) is 0. The molecule has 2 unspecified atom stereocenters. The summed E-state index contributed by atoms with van der Waals surface area (Å²) in [6.07, 6.45) is 1.26. The van der Waals surface area contributed by atoms with Crippen LogP contribution in [0, 0.1) is 11.8 Å². The van der Waals surface area contributed by atoms with E-state index >= 15 is 0 Å². The van der Waals surface area contributed by atoms with Gasteiger partial charge in [-0.1, -0.05) is 0 Å². The van der Waals surface area contributed by atoms with Crippen molar-refractivity contribution in [3.05, 3.63) is 24.3 Å². The lowest BCUT2D eigenvalue weighted by molar-refractivity contribution is 0.209. The van der Waals surface area contributed by atoms with Crippen molar-refractivity contribution in [3.8, 4) is 11.5 Å². The Morgan fingerprint density at radius 3 is 2.76 bits per heavy atom. The van der Waals surface area contributed by atoms with E-state index in [-0.39, 0.29) is 5.75 Å². The van der Waals surface area contributed by atoms with E-state index < -0.39 is 0 Å². The first-order valence-corrected chi connectivity index (χ1v) is 7.14. The Labute approximate surface area is 106 Å². The quantitative estimate of drug-likeness (QED) is 0.844. The van der Waals surface area contributed by atoms with E-state index in [1.807, 2.05) is 11.8 Å². The van der Waals surface area contributed by atoms with Gasteiger partial charge < -0.3 is 15.6 Å². The van der Waals surface area contributed by atoms with E-state index in [0.717, 1.165) is 5.75 Å². The summed E-state index contributed by atoms with van der Waals surface area (Å²) in [6, 6.07) is 6.84. The maximum atomic E-state index is 9.17. The largest absolute Gasteiger partial charge is 0.508 e. The number of phenolic OH excluding ortho intramolecular Hbond substituents is 1. The lowest BCUT2D eigenvalue weighted by Crippen LogP contribution is -2.29. The molecule has 0 aromatic heterocycles. The Kier molecular flexibility index (Phi) is 4.57. The van der Waals surface area contributed by atoms with Gasteiger partial charge in [-0.25, -0.2) is 0 Å². The highest BCUT2D eigenvalue weighted by molar-refractivity contribution is 7.99. The van der Waals surface area contributed by atoms with Gasteiger partial charge >= 0.3 is 0 Å². The number of hydrogen-bond donors (Lipinski definition) is 2. The van der Waals surface area contributed by atoms with Crippen molar-refractivity contribution >= 4 is 11.8 Å². The molecule has 3 N–H and O–H groups in total. The van der Waals surface area contributed by atoms with Crippen LogP contribution in [-0.2, 0) is 0 Å². The highest BCUT2D eigenvalue weighted by atomic mass is 32.2. The second-order valence-corrected chi connectivity index (χ2v) is 5.57. The Hall–Kier alpha value is -0.870. The van der Waals surface area contributed by atoms with Crippen LogP contribution in [0.3, 0.4) is 0 Å². The number of ether oxygens (including phenoxy) is 1. The molecule has 4 heteroatoms. The Morgan fingerprint density at radius 2 is 2.18 bits per heavy atom. The van der Waals surface area contributed by atoms with E-state index in [1.54, 1.807) is 24.3 Å². The third-order valence-electron chi connectivity index (χ3n) is 3.24. The summed E-state index contributed by atoms with van der Waals surface area (Å²) >= 11 is 2.01. The molecule has 94 valence electrons. The minimum Gasteiger partial charge on any atom is -0.508 e. The highest BCUT2D eigenvalue weighted by Crippen LogP contribution is 2.30. The topological polar surface area (TPSA) is 55.5 Å². The van der Waals surface area contributed by atoms with Gasteiger partial charge in [0.25, 0.3) is 0 Å². The third-order valence-corrected chi connectivity index (χ3v) is 4.42. The summed E-state index contributed by atoms with van der Waals surface area (Å²) in [5.74, 6) is 4.66. The number of benzene rings is 1. The molecule has 1 aliphatic heterocycles. The second-order valence-electron chi connectivity index (χ2n) is 4.42. The summed E-state index contributed by atoms with van der Waals surface area (Å²) < 4.78 is 5.73. The molecule has 0 spiro atoms. The first kappa shape index (κ1) is 12.6. The van der Waals surface area contributed by atoms with Gasteiger partial charge in [0.05, 0.1) is 6.61 Å². The molecular formula is C13H19NO2S. The first-order chi connectivity index (χ1) is 8.29. The molecule has 3 nitrogen and oxygen atoms in total. The van der Waals surface area contributed by atoms with Crippen LogP contribution in [0.1, 0.15) is 6.42 Å². The van der Waals surface area contributed by atoms with Crippen molar-refractivity contribution in [2.75, 3.05) is 24.7 Å². The number of rotatable bonds is 5. The molecule has 0 aliphatic carbocycles. The fraction of sp³-hybridized carbons (Fsp3) is 0.538. The Morgan fingerprint density at radius 1 is 1.41 bits per heavy atom. The zero-order chi connectivity index (χ0) is 12.1. The van der Waals surface area contributed by atoms with E-state index in [0.29, 0.717) is 25.0 Å². The first-order valence-electron chi connectivity index (χ1n) is 5.99. The van der Waals surface area contributed by atoms with Crippen molar-refractivity contribution in [2.45, 2.75) is 6.42 Å². The van der Waals surface area contributed by atoms with E-state index in [9.17, 15) is 5.11 Å². The molecule has 1 saturated heterocycles. The average Bonchev–Trinajstić information content (AvgIpc) is 2.86. The highest BCUT2D eigenvalue weighted by Gasteiger charge is 2.24. The standard InChI is InChI=1S/C13H19NO2S/c14-7-11(10-5-6-17-9-10)8-16-13-3-1-12(15)2-4-13/h1-4,10-11,15H,5-9,14H2. The molecule has 1 heterocycles. The number of nitrogens with two attached hydrogens (primary N) is 1. The molecule has 0 bridgehead atoms. The van der Waals surface area contributed by atoms with Crippen molar-refractivity contribution in [1.29, 1.82) is 0 Å². The number of hydrogen-bond acceptors (Lipinski definition) is 4. The smallest absolute Gasteiger partial charge is 0.119 e. The van der Waals surface area contributed by atoms with Gasteiger partial charge in [0.2, 0.25) is 0 Å². The monoisotopic (exact) mass is 253 g/mol. The van der Waals surface area contributed by atoms with Crippen molar-refractivity contribution in [2.24, 2.45) is 17.6 Å². The predicted octanol–water partition coefficient (Wildman–Crippen LogP) is 2.10. The molecule has 1 fully saturated rings. The molecular weight excluding hydrogens is 234 g/mol. The lowest BCUT2D eigenvalue weighted by atomic mass is 9.93. The van der Waals surface area contributed by atoms with Crippen LogP contribution >= 0.6 is 11.8 Å².